The van der Waals surface area contributed by atoms with E-state index < -0.39 is 0 Å². The van der Waals surface area contributed by atoms with Crippen molar-refractivity contribution >= 4 is 33.3 Å². The number of nitrogens with zero attached hydrogens (tertiary/aromatic N) is 3. The zero-order valence-corrected chi connectivity index (χ0v) is 10.7. The van der Waals surface area contributed by atoms with Crippen molar-refractivity contribution in [3.05, 3.63) is 17.3 Å². The minimum atomic E-state index is -0.285. The molecule has 17 heavy (non-hydrogen) atoms. The van der Waals surface area contributed by atoms with E-state index in [2.05, 4.69) is 14.7 Å². The third-order valence-electron chi connectivity index (χ3n) is 2.47. The quantitative estimate of drug-likeness (QED) is 0.776. The summed E-state index contributed by atoms with van der Waals surface area (Å²) in [6.07, 6.45) is 1.52. The molecule has 0 atom stereocenters. The van der Waals surface area contributed by atoms with Crippen LogP contribution in [-0.4, -0.2) is 36.6 Å². The first-order chi connectivity index (χ1) is 8.13. The summed E-state index contributed by atoms with van der Waals surface area (Å²) in [6.45, 7) is 2.19. The van der Waals surface area contributed by atoms with Crippen LogP contribution in [0.2, 0.25) is 0 Å². The van der Waals surface area contributed by atoms with Crippen LogP contribution >= 0.6 is 11.3 Å². The van der Waals surface area contributed by atoms with Crippen molar-refractivity contribution in [2.45, 2.75) is 6.92 Å². The number of rotatable bonds is 3. The van der Waals surface area contributed by atoms with Gasteiger partial charge in [-0.05, 0) is 17.9 Å². The number of hydrogen-bond acceptors (Lipinski definition) is 6. The molecule has 0 fully saturated rings. The Morgan fingerprint density at radius 1 is 1.53 bits per heavy atom. The first kappa shape index (κ1) is 11.8. The first-order valence-electron chi connectivity index (χ1n) is 5.10. The molecule has 0 N–H and O–H groups in total. The zero-order chi connectivity index (χ0) is 12.4. The molecule has 2 aromatic heterocycles. The van der Waals surface area contributed by atoms with E-state index in [-0.39, 0.29) is 12.5 Å². The minimum Gasteiger partial charge on any atom is -0.468 e. The molecule has 2 aromatic rings. The summed E-state index contributed by atoms with van der Waals surface area (Å²) in [5.74, 6) is 0.478. The largest absolute Gasteiger partial charge is 0.468 e. The highest BCUT2D eigenvalue weighted by atomic mass is 32.1. The number of thiophene rings is 1. The van der Waals surface area contributed by atoms with E-state index in [4.69, 9.17) is 0 Å². The molecule has 0 radical (unpaired) electrons. The van der Waals surface area contributed by atoms with Crippen LogP contribution in [0.15, 0.2) is 11.7 Å². The van der Waals surface area contributed by atoms with Crippen molar-refractivity contribution in [1.29, 1.82) is 0 Å². The number of hydrogen-bond donors (Lipinski definition) is 0. The van der Waals surface area contributed by atoms with Crippen molar-refractivity contribution in [3.63, 3.8) is 0 Å². The van der Waals surface area contributed by atoms with E-state index in [0.717, 1.165) is 21.6 Å². The Bertz CT molecular complexity index is 553. The second-order valence-corrected chi connectivity index (χ2v) is 4.61. The molecule has 0 aliphatic carbocycles. The molecular formula is C11H13N3O2S. The van der Waals surface area contributed by atoms with E-state index >= 15 is 0 Å². The normalized spacial score (nSPS) is 10.5. The van der Waals surface area contributed by atoms with E-state index in [9.17, 15) is 4.79 Å². The fourth-order valence-corrected chi connectivity index (χ4v) is 2.61. The van der Waals surface area contributed by atoms with Gasteiger partial charge in [0.05, 0.1) is 17.3 Å². The number of methoxy groups -OCH3 is 1. The van der Waals surface area contributed by atoms with E-state index in [1.54, 1.807) is 16.2 Å². The van der Waals surface area contributed by atoms with E-state index in [1.165, 1.54) is 13.4 Å². The number of esters is 1. The van der Waals surface area contributed by atoms with Crippen LogP contribution < -0.4 is 4.90 Å². The summed E-state index contributed by atoms with van der Waals surface area (Å²) < 4.78 is 5.64. The van der Waals surface area contributed by atoms with Crippen molar-refractivity contribution in [2.75, 3.05) is 25.6 Å². The lowest BCUT2D eigenvalue weighted by molar-refractivity contribution is -0.138. The number of aryl methyl sites for hydroxylation is 1. The van der Waals surface area contributed by atoms with E-state index in [0.29, 0.717) is 0 Å². The maximum Gasteiger partial charge on any atom is 0.325 e. The second-order valence-electron chi connectivity index (χ2n) is 3.73. The Hall–Kier alpha value is -1.69. The van der Waals surface area contributed by atoms with Gasteiger partial charge < -0.3 is 9.64 Å². The molecule has 0 unspecified atom stereocenters. The number of carbonyl (C=O) groups excluding carboxylic acids is 1. The summed E-state index contributed by atoms with van der Waals surface area (Å²) in [5.41, 5.74) is 2.07. The monoisotopic (exact) mass is 251 g/mol. The molecule has 0 saturated carbocycles. The fraction of sp³-hybridized carbons (Fsp3) is 0.364. The predicted molar refractivity (Wildman–Crippen MR) is 67.4 cm³/mol. The molecule has 90 valence electrons. The van der Waals surface area contributed by atoms with Gasteiger partial charge in [0.2, 0.25) is 0 Å². The summed E-state index contributed by atoms with van der Waals surface area (Å²) in [4.78, 5) is 21.5. The number of anilines is 1. The molecule has 0 saturated heterocycles. The Morgan fingerprint density at radius 3 is 3.00 bits per heavy atom. The first-order valence-corrected chi connectivity index (χ1v) is 5.98. The van der Waals surface area contributed by atoms with Crippen molar-refractivity contribution in [1.82, 2.24) is 9.97 Å². The minimum absolute atomic E-state index is 0.180. The molecule has 2 rings (SSSR count). The molecule has 0 aliphatic heterocycles. The standard InChI is InChI=1S/C11H13N3O2S/c1-7-5-17-10-9(7)12-6-13-11(10)14(2)4-8(15)16-3/h5-6H,4H2,1-3H3. The molecule has 0 aromatic carbocycles. The van der Waals surface area contributed by atoms with Crippen LogP contribution in [0.1, 0.15) is 5.56 Å². The Kier molecular flexibility index (Phi) is 3.23. The highest BCUT2D eigenvalue weighted by molar-refractivity contribution is 7.18. The van der Waals surface area contributed by atoms with Gasteiger partial charge in [0.15, 0.2) is 0 Å². The molecule has 0 amide bonds. The molecule has 5 nitrogen and oxygen atoms in total. The van der Waals surface area contributed by atoms with Gasteiger partial charge in [0.25, 0.3) is 0 Å². The SMILES string of the molecule is COC(=O)CN(C)c1ncnc2c(C)csc12. The Balaban J connectivity index is 2.38. The Labute approximate surface area is 103 Å². The second kappa shape index (κ2) is 4.67. The molecule has 0 bridgehead atoms. The number of ether oxygens (including phenoxy) is 1. The number of likely N-dealkylation sites (N-methyl/N-ethyl adjacent to an activating group) is 1. The topological polar surface area (TPSA) is 55.3 Å². The van der Waals surface area contributed by atoms with Crippen molar-refractivity contribution in [2.24, 2.45) is 0 Å². The summed E-state index contributed by atoms with van der Waals surface area (Å²) >= 11 is 1.58. The number of carbonyl (C=O) groups is 1. The van der Waals surface area contributed by atoms with Gasteiger partial charge in [-0.25, -0.2) is 9.97 Å². The van der Waals surface area contributed by atoms with Gasteiger partial charge in [-0.1, -0.05) is 0 Å². The average Bonchev–Trinajstić information content (AvgIpc) is 2.71. The number of aromatic nitrogens is 2. The molecule has 0 aliphatic rings. The highest BCUT2D eigenvalue weighted by Gasteiger charge is 2.14. The van der Waals surface area contributed by atoms with Gasteiger partial charge in [-0.2, -0.15) is 0 Å². The lowest BCUT2D eigenvalue weighted by Crippen LogP contribution is -2.27. The average molecular weight is 251 g/mol. The predicted octanol–water partition coefficient (Wildman–Crippen LogP) is 1.61. The maximum absolute atomic E-state index is 11.2. The zero-order valence-electron chi connectivity index (χ0n) is 9.93. The van der Waals surface area contributed by atoms with Crippen LogP contribution in [0, 0.1) is 6.92 Å². The van der Waals surface area contributed by atoms with Crippen LogP contribution in [-0.2, 0) is 9.53 Å². The van der Waals surface area contributed by atoms with Gasteiger partial charge in [-0.15, -0.1) is 11.3 Å². The molecule has 2 heterocycles. The van der Waals surface area contributed by atoms with Crippen LogP contribution in [0.25, 0.3) is 10.2 Å². The van der Waals surface area contributed by atoms with Crippen LogP contribution in [0.4, 0.5) is 5.82 Å². The van der Waals surface area contributed by atoms with Crippen LogP contribution in [0.5, 0.6) is 0 Å². The molecule has 0 spiro atoms. The van der Waals surface area contributed by atoms with Crippen LogP contribution in [0.3, 0.4) is 0 Å². The molecular weight excluding hydrogens is 238 g/mol. The summed E-state index contributed by atoms with van der Waals surface area (Å²) in [6, 6.07) is 0. The fourth-order valence-electron chi connectivity index (χ4n) is 1.56. The maximum atomic E-state index is 11.2. The molecule has 6 heteroatoms. The van der Waals surface area contributed by atoms with E-state index in [1.807, 2.05) is 19.4 Å². The third-order valence-corrected chi connectivity index (χ3v) is 3.55. The lowest BCUT2D eigenvalue weighted by Gasteiger charge is -2.16. The van der Waals surface area contributed by atoms with Crippen molar-refractivity contribution in [3.8, 4) is 0 Å². The Morgan fingerprint density at radius 2 is 2.29 bits per heavy atom. The lowest BCUT2D eigenvalue weighted by atomic mass is 10.3. The third kappa shape index (κ3) is 2.21. The van der Waals surface area contributed by atoms with Gasteiger partial charge in [0, 0.05) is 7.05 Å². The van der Waals surface area contributed by atoms with Gasteiger partial charge >= 0.3 is 5.97 Å². The smallest absolute Gasteiger partial charge is 0.325 e. The summed E-state index contributed by atoms with van der Waals surface area (Å²) in [5, 5.41) is 2.04. The number of fused-ring (bicyclic) bond motifs is 1. The highest BCUT2D eigenvalue weighted by Crippen LogP contribution is 2.29. The van der Waals surface area contributed by atoms with Gasteiger partial charge in [-0.3, -0.25) is 4.79 Å². The van der Waals surface area contributed by atoms with Crippen molar-refractivity contribution < 1.29 is 9.53 Å². The van der Waals surface area contributed by atoms with Gasteiger partial charge in [0.1, 0.15) is 18.7 Å². The summed E-state index contributed by atoms with van der Waals surface area (Å²) in [7, 11) is 3.19.